The second-order valence-corrected chi connectivity index (χ2v) is 3.67. The normalized spacial score (nSPS) is 13.1. The van der Waals surface area contributed by atoms with Gasteiger partial charge in [-0.1, -0.05) is 6.07 Å². The molecule has 0 radical (unpaired) electrons. The summed E-state index contributed by atoms with van der Waals surface area (Å²) < 4.78 is 10.6. The van der Waals surface area contributed by atoms with Crippen LogP contribution in [0.25, 0.3) is 11.1 Å². The van der Waals surface area contributed by atoms with Crippen LogP contribution >= 0.6 is 0 Å². The van der Waals surface area contributed by atoms with E-state index < -0.39 is 0 Å². The number of aromatic amines is 1. The summed E-state index contributed by atoms with van der Waals surface area (Å²) in [5.74, 6) is 1.59. The monoisotopic (exact) mass is 216 g/mol. The molecule has 4 heteroatoms. The smallest absolute Gasteiger partial charge is 0.231 e. The molecule has 0 amide bonds. The van der Waals surface area contributed by atoms with Gasteiger partial charge in [-0.25, -0.2) is 0 Å². The third-order valence-electron chi connectivity index (χ3n) is 2.73. The molecule has 0 unspecified atom stereocenters. The number of aromatic nitrogens is 1. The Balaban J connectivity index is 2.07. The third-order valence-corrected chi connectivity index (χ3v) is 2.73. The molecule has 0 spiro atoms. The summed E-state index contributed by atoms with van der Waals surface area (Å²) in [6.07, 6.45) is 3.86. The van der Waals surface area contributed by atoms with Crippen molar-refractivity contribution in [1.82, 2.24) is 4.98 Å². The summed E-state index contributed by atoms with van der Waals surface area (Å²) in [5.41, 5.74) is 8.97. The minimum atomic E-state index is 0.301. The maximum atomic E-state index is 5.67. The molecule has 82 valence electrons. The molecular formula is C12H12N2O2. The van der Waals surface area contributed by atoms with Crippen LogP contribution in [0.2, 0.25) is 0 Å². The van der Waals surface area contributed by atoms with E-state index in [1.54, 1.807) is 0 Å². The number of nitrogens with one attached hydrogen (secondary N) is 1. The molecule has 1 aliphatic rings. The van der Waals surface area contributed by atoms with Crippen LogP contribution in [0, 0.1) is 0 Å². The van der Waals surface area contributed by atoms with Crippen molar-refractivity contribution < 1.29 is 9.47 Å². The first-order valence-corrected chi connectivity index (χ1v) is 5.14. The van der Waals surface area contributed by atoms with E-state index in [-0.39, 0.29) is 0 Å². The number of H-pyrrole nitrogens is 1. The average molecular weight is 216 g/mol. The highest BCUT2D eigenvalue weighted by molar-refractivity contribution is 5.70. The first-order valence-electron chi connectivity index (χ1n) is 5.14. The second-order valence-electron chi connectivity index (χ2n) is 3.67. The van der Waals surface area contributed by atoms with Gasteiger partial charge in [0.25, 0.3) is 0 Å². The maximum absolute atomic E-state index is 5.67. The number of benzene rings is 1. The van der Waals surface area contributed by atoms with Crippen LogP contribution in [0.3, 0.4) is 0 Å². The molecule has 0 aliphatic carbocycles. The third kappa shape index (κ3) is 1.35. The number of rotatable bonds is 2. The number of ether oxygens (including phenoxy) is 2. The van der Waals surface area contributed by atoms with Crippen molar-refractivity contribution in [3.8, 4) is 22.6 Å². The van der Waals surface area contributed by atoms with Crippen LogP contribution < -0.4 is 15.2 Å². The van der Waals surface area contributed by atoms with Crippen molar-refractivity contribution in [3.63, 3.8) is 0 Å². The van der Waals surface area contributed by atoms with Crippen molar-refractivity contribution in [1.29, 1.82) is 0 Å². The minimum absolute atomic E-state index is 0.301. The van der Waals surface area contributed by atoms with Crippen molar-refractivity contribution in [2.45, 2.75) is 6.54 Å². The van der Waals surface area contributed by atoms with Gasteiger partial charge >= 0.3 is 0 Å². The Hall–Kier alpha value is -1.94. The Morgan fingerprint density at radius 1 is 1.19 bits per heavy atom. The average Bonchev–Trinajstić information content (AvgIpc) is 2.96. The Morgan fingerprint density at radius 2 is 2.06 bits per heavy atom. The van der Waals surface area contributed by atoms with Crippen molar-refractivity contribution in [2.24, 2.45) is 5.73 Å². The lowest BCUT2D eigenvalue weighted by Gasteiger charge is -2.03. The van der Waals surface area contributed by atoms with Gasteiger partial charge in [0.05, 0.1) is 0 Å². The highest BCUT2D eigenvalue weighted by atomic mass is 16.7. The molecule has 0 saturated carbocycles. The van der Waals surface area contributed by atoms with Gasteiger partial charge in [0.15, 0.2) is 11.5 Å². The van der Waals surface area contributed by atoms with Crippen LogP contribution in [0.1, 0.15) is 5.56 Å². The van der Waals surface area contributed by atoms with Gasteiger partial charge in [-0.3, -0.25) is 0 Å². The standard InChI is InChI=1S/C12H12N2O2/c13-4-9-5-14-6-10(9)8-1-2-11-12(3-8)16-7-15-11/h1-3,5-6,14H,4,7,13H2. The second kappa shape index (κ2) is 3.57. The summed E-state index contributed by atoms with van der Waals surface area (Å²) in [5, 5.41) is 0. The van der Waals surface area contributed by atoms with E-state index in [1.807, 2.05) is 30.6 Å². The predicted molar refractivity (Wildman–Crippen MR) is 60.2 cm³/mol. The summed E-state index contributed by atoms with van der Waals surface area (Å²) in [6.45, 7) is 0.822. The zero-order valence-electron chi connectivity index (χ0n) is 8.69. The van der Waals surface area contributed by atoms with Crippen LogP contribution in [-0.4, -0.2) is 11.8 Å². The molecule has 1 aromatic carbocycles. The summed E-state index contributed by atoms with van der Waals surface area (Å²) in [6, 6.07) is 5.91. The fourth-order valence-electron chi connectivity index (χ4n) is 1.90. The number of nitrogens with two attached hydrogens (primary N) is 1. The van der Waals surface area contributed by atoms with Gasteiger partial charge in [0, 0.05) is 24.5 Å². The topological polar surface area (TPSA) is 60.3 Å². The Labute approximate surface area is 93.0 Å². The van der Waals surface area contributed by atoms with Crippen molar-refractivity contribution >= 4 is 0 Å². The quantitative estimate of drug-likeness (QED) is 0.805. The molecule has 3 N–H and O–H groups in total. The molecule has 16 heavy (non-hydrogen) atoms. The van der Waals surface area contributed by atoms with Gasteiger partial charge in [0.2, 0.25) is 6.79 Å². The fourth-order valence-corrected chi connectivity index (χ4v) is 1.90. The van der Waals surface area contributed by atoms with E-state index in [1.165, 1.54) is 0 Å². The van der Waals surface area contributed by atoms with Gasteiger partial charge in [0.1, 0.15) is 0 Å². The largest absolute Gasteiger partial charge is 0.454 e. The molecule has 0 saturated heterocycles. The van der Waals surface area contributed by atoms with E-state index in [9.17, 15) is 0 Å². The molecule has 0 fully saturated rings. The minimum Gasteiger partial charge on any atom is -0.454 e. The van der Waals surface area contributed by atoms with E-state index in [2.05, 4.69) is 4.98 Å². The first-order chi connectivity index (χ1) is 7.88. The van der Waals surface area contributed by atoms with E-state index in [4.69, 9.17) is 15.2 Å². The molecule has 4 nitrogen and oxygen atoms in total. The Bertz CT molecular complexity index is 519. The van der Waals surface area contributed by atoms with Crippen LogP contribution in [-0.2, 0) is 6.54 Å². The summed E-state index contributed by atoms with van der Waals surface area (Å²) in [4.78, 5) is 3.06. The molecule has 2 heterocycles. The molecule has 3 rings (SSSR count). The zero-order chi connectivity index (χ0) is 11.0. The number of hydrogen-bond donors (Lipinski definition) is 2. The fraction of sp³-hybridized carbons (Fsp3) is 0.167. The van der Waals surface area contributed by atoms with E-state index in [0.717, 1.165) is 28.2 Å². The maximum Gasteiger partial charge on any atom is 0.231 e. The van der Waals surface area contributed by atoms with E-state index >= 15 is 0 Å². The van der Waals surface area contributed by atoms with Crippen LogP contribution in [0.5, 0.6) is 11.5 Å². The highest BCUT2D eigenvalue weighted by Crippen LogP contribution is 2.36. The molecule has 0 bridgehead atoms. The van der Waals surface area contributed by atoms with Crippen LogP contribution in [0.4, 0.5) is 0 Å². The molecule has 2 aromatic rings. The van der Waals surface area contributed by atoms with Crippen molar-refractivity contribution in [3.05, 3.63) is 36.2 Å². The molecular weight excluding hydrogens is 204 g/mol. The van der Waals surface area contributed by atoms with Crippen LogP contribution in [0.15, 0.2) is 30.6 Å². The molecule has 1 aromatic heterocycles. The Kier molecular flexibility index (Phi) is 2.08. The lowest BCUT2D eigenvalue weighted by molar-refractivity contribution is 0.174. The molecule has 1 aliphatic heterocycles. The van der Waals surface area contributed by atoms with Gasteiger partial charge in [-0.15, -0.1) is 0 Å². The number of hydrogen-bond acceptors (Lipinski definition) is 3. The summed E-state index contributed by atoms with van der Waals surface area (Å²) in [7, 11) is 0. The van der Waals surface area contributed by atoms with E-state index in [0.29, 0.717) is 13.3 Å². The zero-order valence-corrected chi connectivity index (χ0v) is 8.69. The summed E-state index contributed by atoms with van der Waals surface area (Å²) >= 11 is 0. The lowest BCUT2D eigenvalue weighted by atomic mass is 10.0. The first kappa shape index (κ1) is 9.30. The SMILES string of the molecule is NCc1c[nH]cc1-c1ccc2c(c1)OCO2. The van der Waals surface area contributed by atoms with Gasteiger partial charge < -0.3 is 20.2 Å². The van der Waals surface area contributed by atoms with Crippen molar-refractivity contribution in [2.75, 3.05) is 6.79 Å². The van der Waals surface area contributed by atoms with Gasteiger partial charge in [-0.05, 0) is 23.3 Å². The predicted octanol–water partition coefficient (Wildman–Crippen LogP) is 1.87. The van der Waals surface area contributed by atoms with Gasteiger partial charge in [-0.2, -0.15) is 0 Å². The number of fused-ring (bicyclic) bond motifs is 1. The molecule has 0 atom stereocenters. The Morgan fingerprint density at radius 3 is 2.94 bits per heavy atom. The highest BCUT2D eigenvalue weighted by Gasteiger charge is 2.15. The lowest BCUT2D eigenvalue weighted by Crippen LogP contribution is -1.95.